The van der Waals surface area contributed by atoms with Gasteiger partial charge in [0.1, 0.15) is 6.04 Å². The lowest BCUT2D eigenvalue weighted by atomic mass is 10.1. The number of carbonyl (C=O) groups excluding carboxylic acids is 2. The molecule has 2 aromatic carbocycles. The molecular weight excluding hydrogens is 342 g/mol. The summed E-state index contributed by atoms with van der Waals surface area (Å²) >= 11 is 2.77. The van der Waals surface area contributed by atoms with E-state index >= 15 is 0 Å². The van der Waals surface area contributed by atoms with Crippen molar-refractivity contribution < 1.29 is 9.59 Å². The molecule has 1 aromatic heterocycles. The smallest absolute Gasteiger partial charge is 0.250 e. The number of amides is 2. The average Bonchev–Trinajstić information content (AvgIpc) is 3.17. The van der Waals surface area contributed by atoms with E-state index in [0.717, 1.165) is 21.0 Å². The molecule has 1 unspecified atom stereocenters. The van der Waals surface area contributed by atoms with E-state index in [1.54, 1.807) is 4.31 Å². The Kier molecular flexibility index (Phi) is 3.90. The molecule has 0 saturated carbocycles. The molecule has 1 aliphatic heterocycles. The van der Waals surface area contributed by atoms with Gasteiger partial charge < -0.3 is 5.32 Å². The molecule has 0 radical (unpaired) electrons. The Labute approximate surface area is 147 Å². The van der Waals surface area contributed by atoms with Crippen LogP contribution in [0.5, 0.6) is 0 Å². The Morgan fingerprint density at radius 2 is 2.17 bits per heavy atom. The zero-order valence-electron chi connectivity index (χ0n) is 13.0. The number of hydrogen-bond donors (Lipinski definition) is 1. The zero-order chi connectivity index (χ0) is 16.7. The number of thiazole rings is 1. The van der Waals surface area contributed by atoms with E-state index in [9.17, 15) is 9.59 Å². The summed E-state index contributed by atoms with van der Waals surface area (Å²) in [5, 5.41) is 5.75. The van der Waals surface area contributed by atoms with Crippen molar-refractivity contribution in [3.05, 3.63) is 36.4 Å². The molecule has 0 bridgehead atoms. The van der Waals surface area contributed by atoms with Crippen LogP contribution in [0.2, 0.25) is 0 Å². The second-order valence-corrected chi connectivity index (χ2v) is 7.36. The van der Waals surface area contributed by atoms with Crippen LogP contribution in [0.25, 0.3) is 21.0 Å². The van der Waals surface area contributed by atoms with Gasteiger partial charge in [-0.1, -0.05) is 53.6 Å². The lowest BCUT2D eigenvalue weighted by Gasteiger charge is -2.20. The minimum absolute atomic E-state index is 0.0120. The van der Waals surface area contributed by atoms with E-state index in [0.29, 0.717) is 18.0 Å². The fraction of sp³-hybridized carbons (Fsp3) is 0.235. The van der Waals surface area contributed by atoms with E-state index in [1.807, 2.05) is 30.5 Å². The molecule has 0 spiro atoms. The first-order valence-electron chi connectivity index (χ1n) is 7.62. The molecule has 2 heterocycles. The SMILES string of the molecule is CSN1C(=O)CCC1C(=O)Nc1nc2ccc3ccccc3c2s1. The third-order valence-electron chi connectivity index (χ3n) is 4.17. The molecule has 24 heavy (non-hydrogen) atoms. The standard InChI is InChI=1S/C17H15N3O2S2/c1-23-20-13(8-9-14(20)21)16(22)19-17-18-12-7-6-10-4-2-3-5-11(10)15(12)24-17/h2-7,13H,8-9H2,1H3,(H,18,19,22). The van der Waals surface area contributed by atoms with Crippen LogP contribution in [-0.4, -0.2) is 33.4 Å². The van der Waals surface area contributed by atoms with Crippen LogP contribution in [0.15, 0.2) is 36.4 Å². The first-order valence-corrected chi connectivity index (χ1v) is 9.62. The van der Waals surface area contributed by atoms with Crippen molar-refractivity contribution in [2.24, 2.45) is 0 Å². The number of fused-ring (bicyclic) bond motifs is 3. The predicted molar refractivity (Wildman–Crippen MR) is 99.1 cm³/mol. The first-order chi connectivity index (χ1) is 11.7. The molecule has 1 saturated heterocycles. The van der Waals surface area contributed by atoms with Gasteiger partial charge in [0.15, 0.2) is 5.13 Å². The highest BCUT2D eigenvalue weighted by Gasteiger charge is 2.36. The molecule has 1 aliphatic rings. The van der Waals surface area contributed by atoms with Crippen LogP contribution in [0, 0.1) is 0 Å². The van der Waals surface area contributed by atoms with Crippen molar-refractivity contribution in [3.8, 4) is 0 Å². The van der Waals surface area contributed by atoms with Gasteiger partial charge in [-0.2, -0.15) is 0 Å². The molecule has 3 aromatic rings. The maximum absolute atomic E-state index is 12.5. The van der Waals surface area contributed by atoms with Crippen molar-refractivity contribution in [1.29, 1.82) is 0 Å². The third-order valence-corrected chi connectivity index (χ3v) is 6.04. The molecule has 1 atom stereocenters. The number of hydrogen-bond acceptors (Lipinski definition) is 5. The van der Waals surface area contributed by atoms with Crippen molar-refractivity contribution >= 4 is 61.2 Å². The summed E-state index contributed by atoms with van der Waals surface area (Å²) in [7, 11) is 0. The Morgan fingerprint density at radius 1 is 1.33 bits per heavy atom. The summed E-state index contributed by atoms with van der Waals surface area (Å²) in [5.41, 5.74) is 0.873. The van der Waals surface area contributed by atoms with Gasteiger partial charge >= 0.3 is 0 Å². The third kappa shape index (κ3) is 2.53. The largest absolute Gasteiger partial charge is 0.300 e. The van der Waals surface area contributed by atoms with E-state index in [1.165, 1.54) is 23.3 Å². The molecule has 1 fully saturated rings. The summed E-state index contributed by atoms with van der Waals surface area (Å²) < 4.78 is 2.62. The molecule has 7 heteroatoms. The second-order valence-electron chi connectivity index (χ2n) is 5.60. The van der Waals surface area contributed by atoms with Crippen LogP contribution >= 0.6 is 23.3 Å². The van der Waals surface area contributed by atoms with Crippen LogP contribution < -0.4 is 5.32 Å². The van der Waals surface area contributed by atoms with Gasteiger partial charge in [-0.15, -0.1) is 0 Å². The number of rotatable bonds is 3. The minimum atomic E-state index is -0.420. The Balaban J connectivity index is 1.64. The molecule has 0 aliphatic carbocycles. The molecule has 122 valence electrons. The van der Waals surface area contributed by atoms with Crippen LogP contribution in [0.1, 0.15) is 12.8 Å². The average molecular weight is 357 g/mol. The van der Waals surface area contributed by atoms with Gasteiger partial charge in [0.25, 0.3) is 0 Å². The van der Waals surface area contributed by atoms with Gasteiger partial charge in [-0.25, -0.2) is 4.98 Å². The topological polar surface area (TPSA) is 62.3 Å². The van der Waals surface area contributed by atoms with Crippen molar-refractivity contribution in [2.45, 2.75) is 18.9 Å². The maximum atomic E-state index is 12.5. The second kappa shape index (κ2) is 6.07. The van der Waals surface area contributed by atoms with Crippen LogP contribution in [0.4, 0.5) is 5.13 Å². The normalized spacial score (nSPS) is 17.8. The monoisotopic (exact) mass is 357 g/mol. The summed E-state index contributed by atoms with van der Waals surface area (Å²) in [6, 6.07) is 11.7. The Bertz CT molecular complexity index is 953. The van der Waals surface area contributed by atoms with Gasteiger partial charge in [0, 0.05) is 18.1 Å². The first kappa shape index (κ1) is 15.4. The summed E-state index contributed by atoms with van der Waals surface area (Å²) in [6.45, 7) is 0. The Morgan fingerprint density at radius 3 is 3.00 bits per heavy atom. The van der Waals surface area contributed by atoms with Crippen molar-refractivity contribution in [1.82, 2.24) is 9.29 Å². The molecule has 5 nitrogen and oxygen atoms in total. The van der Waals surface area contributed by atoms with E-state index in [-0.39, 0.29) is 11.8 Å². The highest BCUT2D eigenvalue weighted by Crippen LogP contribution is 2.33. The van der Waals surface area contributed by atoms with E-state index < -0.39 is 6.04 Å². The van der Waals surface area contributed by atoms with E-state index in [2.05, 4.69) is 22.4 Å². The number of anilines is 1. The minimum Gasteiger partial charge on any atom is -0.300 e. The molecule has 1 N–H and O–H groups in total. The van der Waals surface area contributed by atoms with Crippen LogP contribution in [0.3, 0.4) is 0 Å². The molecular formula is C17H15N3O2S2. The number of nitrogens with one attached hydrogen (secondary N) is 1. The zero-order valence-corrected chi connectivity index (χ0v) is 14.6. The van der Waals surface area contributed by atoms with Gasteiger partial charge in [0.05, 0.1) is 10.2 Å². The number of carbonyl (C=O) groups is 2. The highest BCUT2D eigenvalue weighted by atomic mass is 32.2. The fourth-order valence-electron chi connectivity index (χ4n) is 3.03. The van der Waals surface area contributed by atoms with Crippen molar-refractivity contribution in [3.63, 3.8) is 0 Å². The fourth-order valence-corrected chi connectivity index (χ4v) is 4.78. The lowest BCUT2D eigenvalue weighted by molar-refractivity contribution is -0.128. The van der Waals surface area contributed by atoms with Gasteiger partial charge in [-0.3, -0.25) is 13.9 Å². The maximum Gasteiger partial charge on any atom is 0.250 e. The number of benzene rings is 2. The van der Waals surface area contributed by atoms with Gasteiger partial charge in [0.2, 0.25) is 11.8 Å². The number of aromatic nitrogens is 1. The summed E-state index contributed by atoms with van der Waals surface area (Å²) in [6.07, 6.45) is 2.79. The van der Waals surface area contributed by atoms with Crippen LogP contribution in [-0.2, 0) is 9.59 Å². The molecule has 4 rings (SSSR count). The van der Waals surface area contributed by atoms with Gasteiger partial charge in [-0.05, 0) is 17.9 Å². The quantitative estimate of drug-likeness (QED) is 0.727. The highest BCUT2D eigenvalue weighted by molar-refractivity contribution is 7.96. The lowest BCUT2D eigenvalue weighted by Crippen LogP contribution is -2.37. The Hall–Kier alpha value is -2.12. The van der Waals surface area contributed by atoms with Crippen molar-refractivity contribution in [2.75, 3.05) is 11.6 Å². The summed E-state index contributed by atoms with van der Waals surface area (Å²) in [5.74, 6) is -0.156. The predicted octanol–water partition coefficient (Wildman–Crippen LogP) is 3.66. The van der Waals surface area contributed by atoms with E-state index in [4.69, 9.17) is 0 Å². The molecule has 2 amide bonds. The number of nitrogens with zero attached hydrogens (tertiary/aromatic N) is 2. The summed E-state index contributed by atoms with van der Waals surface area (Å²) in [4.78, 5) is 28.8.